The summed E-state index contributed by atoms with van der Waals surface area (Å²) in [6.45, 7) is 0.0935. The van der Waals surface area contributed by atoms with E-state index in [0.29, 0.717) is 0 Å². The van der Waals surface area contributed by atoms with Gasteiger partial charge in [0.15, 0.2) is 0 Å². The molecule has 1 aromatic carbocycles. The topological polar surface area (TPSA) is 96.6 Å². The normalized spacial score (nSPS) is 10.3. The Morgan fingerprint density at radius 3 is 2.78 bits per heavy atom. The van der Waals surface area contributed by atoms with Gasteiger partial charge in [0.25, 0.3) is 11.6 Å². The summed E-state index contributed by atoms with van der Waals surface area (Å²) in [7, 11) is 0. The van der Waals surface area contributed by atoms with Gasteiger partial charge in [-0.05, 0) is 17.7 Å². The van der Waals surface area contributed by atoms with Crippen molar-refractivity contribution in [3.8, 4) is 0 Å². The Bertz CT molecular complexity index is 709. The van der Waals surface area contributed by atoms with Crippen LogP contribution < -0.4 is 0 Å². The minimum atomic E-state index is -0.611. The number of nitrogens with zero attached hydrogens (tertiary/aromatic N) is 3. The standard InChI is InChI=1S/C15H14ClN3O4/c16-13-6-12(7-14(8-13)19(22)23)15(21)18(4-5-20)10-11-2-1-3-17-9-11/h1-3,6-9,20H,4-5,10H2. The van der Waals surface area contributed by atoms with Gasteiger partial charge in [-0.2, -0.15) is 0 Å². The van der Waals surface area contributed by atoms with Gasteiger partial charge >= 0.3 is 0 Å². The molecule has 0 saturated heterocycles. The fraction of sp³-hybridized carbons (Fsp3) is 0.200. The molecule has 8 heteroatoms. The van der Waals surface area contributed by atoms with Crippen LogP contribution in [0, 0.1) is 10.1 Å². The second-order valence-electron chi connectivity index (χ2n) is 4.77. The van der Waals surface area contributed by atoms with Crippen LogP contribution in [-0.4, -0.2) is 39.0 Å². The van der Waals surface area contributed by atoms with E-state index in [1.165, 1.54) is 23.1 Å². The van der Waals surface area contributed by atoms with E-state index in [-0.39, 0.29) is 36.0 Å². The maximum atomic E-state index is 12.6. The van der Waals surface area contributed by atoms with E-state index < -0.39 is 10.8 Å². The highest BCUT2D eigenvalue weighted by molar-refractivity contribution is 6.31. The number of benzene rings is 1. The summed E-state index contributed by atoms with van der Waals surface area (Å²) in [6.07, 6.45) is 3.22. The zero-order chi connectivity index (χ0) is 16.8. The highest BCUT2D eigenvalue weighted by Gasteiger charge is 2.19. The summed E-state index contributed by atoms with van der Waals surface area (Å²) in [4.78, 5) is 28.2. The maximum Gasteiger partial charge on any atom is 0.271 e. The first kappa shape index (κ1) is 16.9. The van der Waals surface area contributed by atoms with Crippen molar-refractivity contribution in [3.63, 3.8) is 0 Å². The van der Waals surface area contributed by atoms with Gasteiger partial charge in [-0.25, -0.2) is 0 Å². The molecular formula is C15H14ClN3O4. The number of halogens is 1. The molecule has 0 atom stereocenters. The van der Waals surface area contributed by atoms with Crippen LogP contribution >= 0.6 is 11.6 Å². The molecule has 2 rings (SSSR count). The summed E-state index contributed by atoms with van der Waals surface area (Å²) in [5.41, 5.74) is 0.624. The summed E-state index contributed by atoms with van der Waals surface area (Å²) in [5, 5.41) is 20.2. The number of hydrogen-bond donors (Lipinski definition) is 1. The lowest BCUT2D eigenvalue weighted by atomic mass is 10.1. The molecule has 0 fully saturated rings. The quantitative estimate of drug-likeness (QED) is 0.645. The highest BCUT2D eigenvalue weighted by atomic mass is 35.5. The Kier molecular flexibility index (Phi) is 5.61. The first-order chi connectivity index (χ1) is 11.0. The maximum absolute atomic E-state index is 12.6. The van der Waals surface area contributed by atoms with Crippen LogP contribution in [-0.2, 0) is 6.54 Å². The van der Waals surface area contributed by atoms with Gasteiger partial charge < -0.3 is 10.0 Å². The van der Waals surface area contributed by atoms with Crippen molar-refractivity contribution in [2.24, 2.45) is 0 Å². The van der Waals surface area contributed by atoms with Crippen molar-refractivity contribution >= 4 is 23.2 Å². The fourth-order valence-electron chi connectivity index (χ4n) is 2.07. The Morgan fingerprint density at radius 1 is 1.39 bits per heavy atom. The van der Waals surface area contributed by atoms with Gasteiger partial charge in [0.05, 0.1) is 11.5 Å². The number of nitro benzene ring substituents is 1. The minimum absolute atomic E-state index is 0.0913. The molecular weight excluding hydrogens is 322 g/mol. The van der Waals surface area contributed by atoms with Crippen LogP contribution in [0.4, 0.5) is 5.69 Å². The number of aromatic nitrogens is 1. The van der Waals surface area contributed by atoms with Gasteiger partial charge in [-0.3, -0.25) is 19.9 Å². The SMILES string of the molecule is O=C(c1cc(Cl)cc([N+](=O)[O-])c1)N(CCO)Cc1cccnc1. The van der Waals surface area contributed by atoms with Crippen molar-refractivity contribution in [3.05, 3.63) is 69.0 Å². The predicted molar refractivity (Wildman–Crippen MR) is 84.2 cm³/mol. The Labute approximate surface area is 137 Å². The summed E-state index contributed by atoms with van der Waals surface area (Å²) < 4.78 is 0. The molecule has 0 spiro atoms. The molecule has 0 radical (unpaired) electrons. The molecule has 0 saturated carbocycles. The first-order valence-corrected chi connectivity index (χ1v) is 7.13. The lowest BCUT2D eigenvalue weighted by Crippen LogP contribution is -2.33. The number of rotatable bonds is 6. The van der Waals surface area contributed by atoms with Gasteiger partial charge in [-0.15, -0.1) is 0 Å². The van der Waals surface area contributed by atoms with E-state index in [4.69, 9.17) is 16.7 Å². The number of carbonyl (C=O) groups is 1. The van der Waals surface area contributed by atoms with E-state index in [9.17, 15) is 14.9 Å². The van der Waals surface area contributed by atoms with Crippen molar-refractivity contribution in [1.29, 1.82) is 0 Å². The average molecular weight is 336 g/mol. The van der Waals surface area contributed by atoms with Gasteiger partial charge in [0.2, 0.25) is 0 Å². The summed E-state index contributed by atoms with van der Waals surface area (Å²) in [5.74, 6) is -0.450. The fourth-order valence-corrected chi connectivity index (χ4v) is 2.30. The largest absolute Gasteiger partial charge is 0.395 e. The molecule has 23 heavy (non-hydrogen) atoms. The molecule has 0 aliphatic heterocycles. The third-order valence-electron chi connectivity index (χ3n) is 3.09. The number of amides is 1. The lowest BCUT2D eigenvalue weighted by Gasteiger charge is -2.22. The van der Waals surface area contributed by atoms with Crippen molar-refractivity contribution in [2.45, 2.75) is 6.54 Å². The smallest absolute Gasteiger partial charge is 0.271 e. The molecule has 1 amide bonds. The number of aliphatic hydroxyl groups excluding tert-OH is 1. The number of aliphatic hydroxyl groups is 1. The molecule has 0 unspecified atom stereocenters. The molecule has 1 aromatic heterocycles. The third-order valence-corrected chi connectivity index (χ3v) is 3.31. The molecule has 120 valence electrons. The number of hydrogen-bond acceptors (Lipinski definition) is 5. The summed E-state index contributed by atoms with van der Waals surface area (Å²) >= 11 is 5.85. The third kappa shape index (κ3) is 4.48. The minimum Gasteiger partial charge on any atom is -0.395 e. The molecule has 0 aliphatic rings. The second kappa shape index (κ2) is 7.66. The molecule has 7 nitrogen and oxygen atoms in total. The van der Waals surface area contributed by atoms with E-state index in [2.05, 4.69) is 4.98 Å². The molecule has 0 bridgehead atoms. The predicted octanol–water partition coefficient (Wildman–Crippen LogP) is 2.28. The van der Waals surface area contributed by atoms with E-state index in [1.807, 2.05) is 0 Å². The lowest BCUT2D eigenvalue weighted by molar-refractivity contribution is -0.384. The Balaban J connectivity index is 2.29. The highest BCUT2D eigenvalue weighted by Crippen LogP contribution is 2.22. The number of non-ortho nitro benzene ring substituents is 1. The van der Waals surface area contributed by atoms with Gasteiger partial charge in [0.1, 0.15) is 0 Å². The molecule has 1 heterocycles. The number of carbonyl (C=O) groups excluding carboxylic acids is 1. The first-order valence-electron chi connectivity index (χ1n) is 6.75. The van der Waals surface area contributed by atoms with Crippen LogP contribution in [0.5, 0.6) is 0 Å². The van der Waals surface area contributed by atoms with Crippen LogP contribution in [0.2, 0.25) is 5.02 Å². The molecule has 1 N–H and O–H groups in total. The number of pyridine rings is 1. The van der Waals surface area contributed by atoms with Gasteiger partial charge in [0, 0.05) is 48.2 Å². The van der Waals surface area contributed by atoms with Crippen molar-refractivity contribution < 1.29 is 14.8 Å². The second-order valence-corrected chi connectivity index (χ2v) is 5.20. The van der Waals surface area contributed by atoms with E-state index >= 15 is 0 Å². The monoisotopic (exact) mass is 335 g/mol. The number of nitro groups is 1. The van der Waals surface area contributed by atoms with E-state index in [1.54, 1.807) is 24.5 Å². The summed E-state index contributed by atoms with van der Waals surface area (Å²) in [6, 6.07) is 7.24. The van der Waals surface area contributed by atoms with Crippen LogP contribution in [0.3, 0.4) is 0 Å². The van der Waals surface area contributed by atoms with E-state index in [0.717, 1.165) is 5.56 Å². The van der Waals surface area contributed by atoms with Crippen LogP contribution in [0.1, 0.15) is 15.9 Å². The van der Waals surface area contributed by atoms with Crippen LogP contribution in [0.25, 0.3) is 0 Å². The Morgan fingerprint density at radius 2 is 2.17 bits per heavy atom. The van der Waals surface area contributed by atoms with Crippen molar-refractivity contribution in [2.75, 3.05) is 13.2 Å². The zero-order valence-electron chi connectivity index (χ0n) is 12.1. The van der Waals surface area contributed by atoms with Crippen molar-refractivity contribution in [1.82, 2.24) is 9.88 Å². The van der Waals surface area contributed by atoms with Crippen LogP contribution in [0.15, 0.2) is 42.7 Å². The molecule has 0 aliphatic carbocycles. The molecule has 2 aromatic rings. The Hall–Kier alpha value is -2.51. The zero-order valence-corrected chi connectivity index (χ0v) is 12.8. The van der Waals surface area contributed by atoms with Gasteiger partial charge in [-0.1, -0.05) is 17.7 Å². The average Bonchev–Trinajstić information content (AvgIpc) is 2.54.